The summed E-state index contributed by atoms with van der Waals surface area (Å²) in [6, 6.07) is 8.18. The van der Waals surface area contributed by atoms with E-state index in [1.807, 2.05) is 39.0 Å². The predicted octanol–water partition coefficient (Wildman–Crippen LogP) is 2.37. The van der Waals surface area contributed by atoms with Gasteiger partial charge >= 0.3 is 0 Å². The Kier molecular flexibility index (Phi) is 2.94. The summed E-state index contributed by atoms with van der Waals surface area (Å²) >= 11 is 0. The molecule has 14 heavy (non-hydrogen) atoms. The van der Waals surface area contributed by atoms with Crippen LogP contribution in [-0.2, 0) is 10.3 Å². The van der Waals surface area contributed by atoms with Crippen molar-refractivity contribution in [2.75, 3.05) is 0 Å². The molecule has 0 bridgehead atoms. The van der Waals surface area contributed by atoms with Crippen LogP contribution in [-0.4, -0.2) is 5.91 Å². The minimum absolute atomic E-state index is 0.00324. The highest BCUT2D eigenvalue weighted by Gasteiger charge is 2.20. The Balaban J connectivity index is 2.97. The van der Waals surface area contributed by atoms with Gasteiger partial charge in [0.25, 0.3) is 0 Å². The summed E-state index contributed by atoms with van der Waals surface area (Å²) in [4.78, 5) is 11.0. The lowest BCUT2D eigenvalue weighted by molar-refractivity contribution is -0.120. The third kappa shape index (κ3) is 2.59. The van der Waals surface area contributed by atoms with Crippen molar-refractivity contribution in [1.29, 1.82) is 0 Å². The molecule has 2 nitrogen and oxygen atoms in total. The van der Waals surface area contributed by atoms with E-state index < -0.39 is 0 Å². The monoisotopic (exact) mass is 191 g/mol. The largest absolute Gasteiger partial charge is 0.347 e. The first-order chi connectivity index (χ1) is 6.42. The molecule has 1 N–H and O–H groups in total. The molecule has 76 valence electrons. The lowest BCUT2D eigenvalue weighted by Crippen LogP contribution is -2.39. The van der Waals surface area contributed by atoms with Gasteiger partial charge in [0.2, 0.25) is 5.91 Å². The zero-order chi connectivity index (χ0) is 10.8. The van der Waals surface area contributed by atoms with Crippen molar-refractivity contribution in [2.45, 2.75) is 33.2 Å². The van der Waals surface area contributed by atoms with E-state index in [4.69, 9.17) is 0 Å². The molecule has 1 rings (SSSR count). The van der Waals surface area contributed by atoms with Gasteiger partial charge in [-0.2, -0.15) is 0 Å². The maximum absolute atomic E-state index is 11.0. The van der Waals surface area contributed by atoms with Gasteiger partial charge in [0, 0.05) is 6.92 Å². The van der Waals surface area contributed by atoms with E-state index in [1.165, 1.54) is 12.5 Å². The first-order valence-corrected chi connectivity index (χ1v) is 4.78. The third-order valence-electron chi connectivity index (χ3n) is 2.23. The molecule has 2 heteroatoms. The number of hydrogen-bond acceptors (Lipinski definition) is 1. The Morgan fingerprint density at radius 3 is 2.50 bits per heavy atom. The Morgan fingerprint density at radius 1 is 1.36 bits per heavy atom. The Hall–Kier alpha value is -1.31. The summed E-state index contributed by atoms with van der Waals surface area (Å²) in [5, 5.41) is 2.92. The molecule has 0 atom stereocenters. The molecule has 1 aromatic carbocycles. The minimum atomic E-state index is -0.294. The number of hydrogen-bond donors (Lipinski definition) is 1. The molecule has 0 saturated heterocycles. The van der Waals surface area contributed by atoms with Crippen LogP contribution in [0.15, 0.2) is 24.3 Å². The summed E-state index contributed by atoms with van der Waals surface area (Å²) < 4.78 is 0. The number of carbonyl (C=O) groups is 1. The van der Waals surface area contributed by atoms with E-state index in [1.54, 1.807) is 0 Å². The Bertz CT molecular complexity index is 342. The molecule has 1 aromatic rings. The highest BCUT2D eigenvalue weighted by molar-refractivity contribution is 5.74. The zero-order valence-electron chi connectivity index (χ0n) is 9.22. The lowest BCUT2D eigenvalue weighted by Gasteiger charge is -2.26. The van der Waals surface area contributed by atoms with Crippen molar-refractivity contribution in [1.82, 2.24) is 5.32 Å². The molecule has 0 saturated carbocycles. The molecule has 0 aliphatic carbocycles. The number of nitrogens with one attached hydrogen (secondary N) is 1. The molecule has 0 aliphatic heterocycles. The Labute approximate surface area is 85.3 Å². The molecule has 0 spiro atoms. The van der Waals surface area contributed by atoms with E-state index in [9.17, 15) is 4.79 Å². The van der Waals surface area contributed by atoms with Crippen LogP contribution in [0.2, 0.25) is 0 Å². The van der Waals surface area contributed by atoms with E-state index in [2.05, 4.69) is 11.4 Å². The molecule has 0 radical (unpaired) electrons. The van der Waals surface area contributed by atoms with Gasteiger partial charge in [0.05, 0.1) is 5.54 Å². The summed E-state index contributed by atoms with van der Waals surface area (Å²) in [5.41, 5.74) is 2.05. The zero-order valence-corrected chi connectivity index (χ0v) is 9.22. The molecule has 0 heterocycles. The van der Waals surface area contributed by atoms with E-state index >= 15 is 0 Å². The van der Waals surface area contributed by atoms with E-state index in [0.717, 1.165) is 5.56 Å². The van der Waals surface area contributed by atoms with Crippen LogP contribution >= 0.6 is 0 Å². The SMILES string of the molecule is CC(=O)NC(C)(C)c1cccc(C)c1. The smallest absolute Gasteiger partial charge is 0.217 e. The highest BCUT2D eigenvalue weighted by Crippen LogP contribution is 2.20. The molecule has 1 amide bonds. The van der Waals surface area contributed by atoms with Crippen LogP contribution in [0.1, 0.15) is 31.9 Å². The van der Waals surface area contributed by atoms with Crippen LogP contribution in [0.3, 0.4) is 0 Å². The molecule has 0 aliphatic rings. The van der Waals surface area contributed by atoms with E-state index in [0.29, 0.717) is 0 Å². The second-order valence-electron chi connectivity index (χ2n) is 4.18. The number of benzene rings is 1. The maximum Gasteiger partial charge on any atom is 0.217 e. The first-order valence-electron chi connectivity index (χ1n) is 4.78. The van der Waals surface area contributed by atoms with Crippen molar-refractivity contribution < 1.29 is 4.79 Å². The molecule has 0 unspecified atom stereocenters. The standard InChI is InChI=1S/C12H17NO/c1-9-6-5-7-11(8-9)12(3,4)13-10(2)14/h5-8H,1-4H3,(H,13,14). The first kappa shape index (κ1) is 10.8. The average Bonchev–Trinajstić information content (AvgIpc) is 2.01. The Morgan fingerprint density at radius 2 is 2.00 bits per heavy atom. The molecular formula is C12H17NO. The fraction of sp³-hybridized carbons (Fsp3) is 0.417. The summed E-state index contributed by atoms with van der Waals surface area (Å²) in [7, 11) is 0. The van der Waals surface area contributed by atoms with Gasteiger partial charge < -0.3 is 5.32 Å². The van der Waals surface area contributed by atoms with Crippen molar-refractivity contribution in [3.63, 3.8) is 0 Å². The fourth-order valence-electron chi connectivity index (χ4n) is 1.55. The van der Waals surface area contributed by atoms with Crippen molar-refractivity contribution in [3.8, 4) is 0 Å². The van der Waals surface area contributed by atoms with Crippen LogP contribution in [0.5, 0.6) is 0 Å². The topological polar surface area (TPSA) is 29.1 Å². The van der Waals surface area contributed by atoms with Gasteiger partial charge in [-0.25, -0.2) is 0 Å². The maximum atomic E-state index is 11.0. The lowest BCUT2D eigenvalue weighted by atomic mass is 9.93. The quantitative estimate of drug-likeness (QED) is 0.764. The predicted molar refractivity (Wildman–Crippen MR) is 58.0 cm³/mol. The normalized spacial score (nSPS) is 11.1. The molecule has 0 aromatic heterocycles. The van der Waals surface area contributed by atoms with Crippen LogP contribution in [0, 0.1) is 6.92 Å². The minimum Gasteiger partial charge on any atom is -0.347 e. The summed E-state index contributed by atoms with van der Waals surface area (Å²) in [6.07, 6.45) is 0. The number of amides is 1. The van der Waals surface area contributed by atoms with E-state index in [-0.39, 0.29) is 11.4 Å². The van der Waals surface area contributed by atoms with Crippen LogP contribution in [0.4, 0.5) is 0 Å². The van der Waals surface area contributed by atoms with Gasteiger partial charge in [0.15, 0.2) is 0 Å². The third-order valence-corrected chi connectivity index (χ3v) is 2.23. The van der Waals surface area contributed by atoms with Gasteiger partial charge in [-0.1, -0.05) is 29.8 Å². The second kappa shape index (κ2) is 3.82. The summed E-state index contributed by atoms with van der Waals surface area (Å²) in [5.74, 6) is -0.00324. The van der Waals surface area contributed by atoms with Gasteiger partial charge in [-0.05, 0) is 26.3 Å². The van der Waals surface area contributed by atoms with Gasteiger partial charge in [-0.3, -0.25) is 4.79 Å². The summed E-state index contributed by atoms with van der Waals surface area (Å²) in [6.45, 7) is 7.59. The number of rotatable bonds is 2. The fourth-order valence-corrected chi connectivity index (χ4v) is 1.55. The van der Waals surface area contributed by atoms with Crippen LogP contribution in [0.25, 0.3) is 0 Å². The molecule has 0 fully saturated rings. The highest BCUT2D eigenvalue weighted by atomic mass is 16.1. The second-order valence-corrected chi connectivity index (χ2v) is 4.18. The van der Waals surface area contributed by atoms with Crippen molar-refractivity contribution in [3.05, 3.63) is 35.4 Å². The number of aryl methyl sites for hydroxylation is 1. The van der Waals surface area contributed by atoms with Crippen molar-refractivity contribution >= 4 is 5.91 Å². The van der Waals surface area contributed by atoms with Gasteiger partial charge in [-0.15, -0.1) is 0 Å². The van der Waals surface area contributed by atoms with Gasteiger partial charge in [0.1, 0.15) is 0 Å². The van der Waals surface area contributed by atoms with Crippen LogP contribution < -0.4 is 5.32 Å². The van der Waals surface area contributed by atoms with Crippen molar-refractivity contribution in [2.24, 2.45) is 0 Å². The average molecular weight is 191 g/mol. The molecular weight excluding hydrogens is 174 g/mol. The number of carbonyl (C=O) groups excluding carboxylic acids is 1.